The monoisotopic (exact) mass is 435 g/mol. The summed E-state index contributed by atoms with van der Waals surface area (Å²) in [6.07, 6.45) is 0.318. The molecule has 1 fully saturated rings. The molecule has 1 aromatic rings. The van der Waals surface area contributed by atoms with Crippen LogP contribution in [0, 0.1) is 11.8 Å². The zero-order valence-electron chi connectivity index (χ0n) is 18.9. The highest BCUT2D eigenvalue weighted by Gasteiger charge is 2.35. The van der Waals surface area contributed by atoms with Gasteiger partial charge in [-0.05, 0) is 31.4 Å². The molecule has 0 spiro atoms. The molecule has 31 heavy (non-hydrogen) atoms. The van der Waals surface area contributed by atoms with Gasteiger partial charge in [-0.2, -0.15) is 0 Å². The minimum Gasteiger partial charge on any atom is -0.493 e. The molecular weight excluding hydrogens is 402 g/mol. The summed E-state index contributed by atoms with van der Waals surface area (Å²) in [7, 11) is 3.07. The Labute approximate surface area is 183 Å². The van der Waals surface area contributed by atoms with E-state index >= 15 is 0 Å². The maximum atomic E-state index is 12.7. The fraction of sp³-hybridized carbons (Fsp3) is 0.591. The van der Waals surface area contributed by atoms with Crippen molar-refractivity contribution in [2.75, 3.05) is 38.8 Å². The molecule has 0 aromatic heterocycles. The number of hydrogen-bond acceptors (Lipinski definition) is 6. The maximum absolute atomic E-state index is 12.7. The molecule has 1 aliphatic rings. The van der Waals surface area contributed by atoms with E-state index in [1.165, 1.54) is 7.11 Å². The average Bonchev–Trinajstić information content (AvgIpc) is 3.12. The molecule has 2 unspecified atom stereocenters. The summed E-state index contributed by atoms with van der Waals surface area (Å²) in [5, 5.41) is 5.66. The average molecular weight is 436 g/mol. The molecule has 1 aromatic carbocycles. The molecule has 3 amide bonds. The van der Waals surface area contributed by atoms with E-state index < -0.39 is 12.0 Å². The molecule has 1 heterocycles. The van der Waals surface area contributed by atoms with Crippen molar-refractivity contribution in [3.8, 4) is 11.5 Å². The van der Waals surface area contributed by atoms with Crippen LogP contribution in [-0.4, -0.2) is 57.9 Å². The zero-order chi connectivity index (χ0) is 23.0. The van der Waals surface area contributed by atoms with Gasteiger partial charge in [0.15, 0.2) is 11.5 Å². The van der Waals surface area contributed by atoms with Gasteiger partial charge in [0.1, 0.15) is 0 Å². The lowest BCUT2D eigenvalue weighted by atomic mass is 10.0. The normalized spacial score (nSPS) is 16.8. The number of nitrogens with zero attached hydrogens (tertiary/aromatic N) is 1. The summed E-state index contributed by atoms with van der Waals surface area (Å²) in [5.74, 6) is 0.603. The third kappa shape index (κ3) is 6.77. The quantitative estimate of drug-likeness (QED) is 0.584. The number of methoxy groups -OCH3 is 2. The largest absolute Gasteiger partial charge is 0.493 e. The maximum Gasteiger partial charge on any atom is 0.407 e. The molecule has 172 valence electrons. The van der Waals surface area contributed by atoms with Gasteiger partial charge in [0.05, 0.1) is 26.7 Å². The van der Waals surface area contributed by atoms with Gasteiger partial charge in [-0.15, -0.1) is 0 Å². The molecule has 9 nitrogen and oxygen atoms in total. The first-order valence-electron chi connectivity index (χ1n) is 10.5. The first-order chi connectivity index (χ1) is 14.8. The van der Waals surface area contributed by atoms with E-state index in [0.717, 1.165) is 0 Å². The molecule has 0 aliphatic carbocycles. The van der Waals surface area contributed by atoms with Gasteiger partial charge in [0, 0.05) is 37.3 Å². The summed E-state index contributed by atoms with van der Waals surface area (Å²) >= 11 is 0. The van der Waals surface area contributed by atoms with Gasteiger partial charge in [0.2, 0.25) is 11.8 Å². The molecule has 2 atom stereocenters. The van der Waals surface area contributed by atoms with Crippen LogP contribution in [0.1, 0.15) is 33.6 Å². The summed E-state index contributed by atoms with van der Waals surface area (Å²) in [4.78, 5) is 38.6. The van der Waals surface area contributed by atoms with Crippen LogP contribution < -0.4 is 25.0 Å². The van der Waals surface area contributed by atoms with E-state index in [1.807, 2.05) is 13.8 Å². The summed E-state index contributed by atoms with van der Waals surface area (Å²) in [6.45, 7) is 6.65. The van der Waals surface area contributed by atoms with Crippen molar-refractivity contribution in [2.24, 2.45) is 11.8 Å². The Balaban J connectivity index is 1.98. The van der Waals surface area contributed by atoms with Crippen LogP contribution in [0.15, 0.2) is 18.2 Å². The van der Waals surface area contributed by atoms with E-state index in [0.29, 0.717) is 29.5 Å². The number of amides is 3. The zero-order valence-corrected chi connectivity index (χ0v) is 18.9. The van der Waals surface area contributed by atoms with Gasteiger partial charge in [-0.3, -0.25) is 9.59 Å². The van der Waals surface area contributed by atoms with E-state index in [9.17, 15) is 14.4 Å². The number of hydrogen-bond donors (Lipinski definition) is 2. The highest BCUT2D eigenvalue weighted by Crippen LogP contribution is 2.34. The lowest BCUT2D eigenvalue weighted by Crippen LogP contribution is -2.46. The van der Waals surface area contributed by atoms with Crippen molar-refractivity contribution in [2.45, 2.75) is 39.7 Å². The lowest BCUT2D eigenvalue weighted by Gasteiger charge is -2.22. The smallest absolute Gasteiger partial charge is 0.407 e. The minimum atomic E-state index is -0.502. The number of carbonyl (C=O) groups excluding carboxylic acids is 3. The Morgan fingerprint density at radius 3 is 2.52 bits per heavy atom. The number of carbonyl (C=O) groups is 3. The van der Waals surface area contributed by atoms with Crippen molar-refractivity contribution < 1.29 is 28.6 Å². The summed E-state index contributed by atoms with van der Waals surface area (Å²) in [6, 6.07) is 4.97. The Hall–Kier alpha value is -2.97. The SMILES string of the molecule is CCOC(=O)NC(CNC(=O)C1CC(=O)N(c2ccc(OC)c(OC)c2)C1)CC(C)C. The molecule has 0 radical (unpaired) electrons. The lowest BCUT2D eigenvalue weighted by molar-refractivity contribution is -0.126. The highest BCUT2D eigenvalue weighted by atomic mass is 16.5. The van der Waals surface area contributed by atoms with Crippen molar-refractivity contribution in [3.05, 3.63) is 18.2 Å². The second-order valence-electron chi connectivity index (χ2n) is 7.88. The Bertz CT molecular complexity index is 783. The summed E-state index contributed by atoms with van der Waals surface area (Å²) < 4.78 is 15.5. The third-order valence-electron chi connectivity index (χ3n) is 5.05. The topological polar surface area (TPSA) is 106 Å². The van der Waals surface area contributed by atoms with Gasteiger partial charge >= 0.3 is 6.09 Å². The number of nitrogens with one attached hydrogen (secondary N) is 2. The predicted molar refractivity (Wildman–Crippen MR) is 116 cm³/mol. The number of rotatable bonds is 10. The van der Waals surface area contributed by atoms with Crippen molar-refractivity contribution in [1.82, 2.24) is 10.6 Å². The van der Waals surface area contributed by atoms with Crippen LogP contribution in [0.2, 0.25) is 0 Å². The van der Waals surface area contributed by atoms with Crippen LogP contribution in [0.3, 0.4) is 0 Å². The first kappa shape index (κ1) is 24.3. The second kappa shape index (κ2) is 11.4. The number of benzene rings is 1. The van der Waals surface area contributed by atoms with E-state index in [1.54, 1.807) is 37.1 Å². The highest BCUT2D eigenvalue weighted by molar-refractivity contribution is 6.00. The molecular formula is C22H33N3O6. The van der Waals surface area contributed by atoms with Gasteiger partial charge in [-0.1, -0.05) is 13.8 Å². The van der Waals surface area contributed by atoms with Crippen molar-refractivity contribution in [1.29, 1.82) is 0 Å². The van der Waals surface area contributed by atoms with E-state index in [4.69, 9.17) is 14.2 Å². The van der Waals surface area contributed by atoms with E-state index in [2.05, 4.69) is 10.6 Å². The van der Waals surface area contributed by atoms with Gasteiger partial charge in [0.25, 0.3) is 0 Å². The van der Waals surface area contributed by atoms with Gasteiger partial charge < -0.3 is 29.7 Å². The van der Waals surface area contributed by atoms with Crippen LogP contribution >= 0.6 is 0 Å². The molecule has 9 heteroatoms. The number of alkyl carbamates (subject to hydrolysis) is 1. The summed E-state index contributed by atoms with van der Waals surface area (Å²) in [5.41, 5.74) is 0.652. The Morgan fingerprint density at radius 2 is 1.90 bits per heavy atom. The molecule has 2 rings (SSSR count). The van der Waals surface area contributed by atoms with Crippen LogP contribution in [-0.2, 0) is 14.3 Å². The number of anilines is 1. The van der Waals surface area contributed by atoms with Gasteiger partial charge in [-0.25, -0.2) is 4.79 Å². The van der Waals surface area contributed by atoms with Crippen LogP contribution in [0.25, 0.3) is 0 Å². The van der Waals surface area contributed by atoms with Crippen molar-refractivity contribution >= 4 is 23.6 Å². The molecule has 1 saturated heterocycles. The van der Waals surface area contributed by atoms with Crippen LogP contribution in [0.5, 0.6) is 11.5 Å². The number of ether oxygens (including phenoxy) is 3. The Kier molecular flexibility index (Phi) is 8.96. The first-order valence-corrected chi connectivity index (χ1v) is 10.5. The fourth-order valence-corrected chi connectivity index (χ4v) is 3.60. The predicted octanol–water partition coefficient (Wildman–Crippen LogP) is 2.33. The standard InChI is InChI=1S/C22H33N3O6/c1-6-31-22(28)24-16(9-14(2)3)12-23-21(27)15-10-20(26)25(13-15)17-7-8-18(29-4)19(11-17)30-5/h7-8,11,14-16H,6,9-10,12-13H2,1-5H3,(H,23,27)(H,24,28). The molecule has 1 aliphatic heterocycles. The molecule has 0 bridgehead atoms. The second-order valence-corrected chi connectivity index (χ2v) is 7.88. The van der Waals surface area contributed by atoms with E-state index in [-0.39, 0.29) is 44.0 Å². The molecule has 0 saturated carbocycles. The van der Waals surface area contributed by atoms with Crippen LogP contribution in [0.4, 0.5) is 10.5 Å². The Morgan fingerprint density at radius 1 is 1.19 bits per heavy atom. The molecule has 2 N–H and O–H groups in total. The third-order valence-corrected chi connectivity index (χ3v) is 5.05. The van der Waals surface area contributed by atoms with Crippen molar-refractivity contribution in [3.63, 3.8) is 0 Å². The fourth-order valence-electron chi connectivity index (χ4n) is 3.60. The minimum absolute atomic E-state index is 0.125.